The molecule has 30 heavy (non-hydrogen) atoms. The van der Waals surface area contributed by atoms with E-state index >= 15 is 0 Å². The average molecular weight is 417 g/mol. The number of nitrogens with one attached hydrogen (secondary N) is 1. The fourth-order valence-electron chi connectivity index (χ4n) is 2.23. The van der Waals surface area contributed by atoms with E-state index in [0.29, 0.717) is 5.56 Å². The van der Waals surface area contributed by atoms with Crippen LogP contribution in [0.5, 0.6) is 17.2 Å². The van der Waals surface area contributed by atoms with Gasteiger partial charge in [0.1, 0.15) is 0 Å². The van der Waals surface area contributed by atoms with Crippen molar-refractivity contribution in [1.29, 1.82) is 0 Å². The Morgan fingerprint density at radius 2 is 1.93 bits per heavy atom. The summed E-state index contributed by atoms with van der Waals surface area (Å²) in [5, 5.41) is 23.8. The fourth-order valence-corrected chi connectivity index (χ4v) is 2.23. The van der Waals surface area contributed by atoms with E-state index in [0.717, 1.165) is 0 Å². The molecule has 0 spiro atoms. The van der Waals surface area contributed by atoms with Crippen molar-refractivity contribution in [1.82, 2.24) is 5.43 Å². The van der Waals surface area contributed by atoms with E-state index in [1.165, 1.54) is 38.4 Å². The molecular formula is C19H19N3O8. The molecule has 0 bridgehead atoms. The molecule has 0 radical (unpaired) electrons. The minimum atomic E-state index is -1.16. The fraction of sp³-hybridized carbons (Fsp3) is 0.211. The van der Waals surface area contributed by atoms with E-state index in [4.69, 9.17) is 19.3 Å². The topological polar surface area (TPSA) is 150 Å². The summed E-state index contributed by atoms with van der Waals surface area (Å²) in [5.41, 5.74) is 2.31. The van der Waals surface area contributed by atoms with Gasteiger partial charge >= 0.3 is 11.7 Å². The van der Waals surface area contributed by atoms with Crippen molar-refractivity contribution in [2.45, 2.75) is 13.0 Å². The molecule has 0 saturated carbocycles. The van der Waals surface area contributed by atoms with E-state index in [1.54, 1.807) is 24.3 Å². The third-order valence-corrected chi connectivity index (χ3v) is 3.69. The highest BCUT2D eigenvalue weighted by Crippen LogP contribution is 2.31. The SMILES string of the molecule is COc1cccc(/C=N/NC(=O)COc2ccccc2[N+](=O)[O-])c1O[C@H](C)C(=O)O. The second kappa shape index (κ2) is 10.4. The van der Waals surface area contributed by atoms with Crippen LogP contribution in [0.4, 0.5) is 5.69 Å². The number of amides is 1. The molecule has 2 aromatic carbocycles. The molecule has 0 fully saturated rings. The number of nitro groups is 1. The number of carbonyl (C=O) groups excluding carboxylic acids is 1. The first-order valence-electron chi connectivity index (χ1n) is 8.58. The minimum absolute atomic E-state index is 0.0484. The lowest BCUT2D eigenvalue weighted by molar-refractivity contribution is -0.385. The Hall–Kier alpha value is -4.15. The Balaban J connectivity index is 2.04. The van der Waals surface area contributed by atoms with Crippen LogP contribution in [0.3, 0.4) is 0 Å². The molecule has 11 heteroatoms. The molecule has 0 saturated heterocycles. The van der Waals surface area contributed by atoms with Gasteiger partial charge in [0.05, 0.1) is 18.2 Å². The van der Waals surface area contributed by atoms with Gasteiger partial charge in [0, 0.05) is 11.6 Å². The first-order valence-corrected chi connectivity index (χ1v) is 8.58. The van der Waals surface area contributed by atoms with Crippen molar-refractivity contribution in [2.75, 3.05) is 13.7 Å². The molecule has 1 amide bonds. The van der Waals surface area contributed by atoms with Gasteiger partial charge in [-0.3, -0.25) is 14.9 Å². The predicted octanol–water partition coefficient (Wildman–Crippen LogP) is 1.98. The van der Waals surface area contributed by atoms with Crippen LogP contribution >= 0.6 is 0 Å². The highest BCUT2D eigenvalue weighted by molar-refractivity contribution is 5.87. The monoisotopic (exact) mass is 417 g/mol. The summed E-state index contributed by atoms with van der Waals surface area (Å²) in [7, 11) is 1.40. The van der Waals surface area contributed by atoms with Crippen LogP contribution in [0.15, 0.2) is 47.6 Å². The number of nitro benzene ring substituents is 1. The Labute approximate surface area is 171 Å². The number of carboxylic acids is 1. The van der Waals surface area contributed by atoms with E-state index in [1.807, 2.05) is 0 Å². The lowest BCUT2D eigenvalue weighted by Crippen LogP contribution is -2.25. The maximum Gasteiger partial charge on any atom is 0.344 e. The van der Waals surface area contributed by atoms with Gasteiger partial charge in [-0.2, -0.15) is 5.10 Å². The lowest BCUT2D eigenvalue weighted by atomic mass is 10.2. The van der Waals surface area contributed by atoms with E-state index in [-0.39, 0.29) is 22.9 Å². The van der Waals surface area contributed by atoms with Gasteiger partial charge in [0.15, 0.2) is 30.0 Å². The summed E-state index contributed by atoms with van der Waals surface area (Å²) >= 11 is 0. The summed E-state index contributed by atoms with van der Waals surface area (Å²) in [5.74, 6) is -1.44. The quantitative estimate of drug-likeness (QED) is 0.338. The van der Waals surface area contributed by atoms with Gasteiger partial charge in [-0.05, 0) is 25.1 Å². The number of hydrogen-bond donors (Lipinski definition) is 2. The second-order valence-corrected chi connectivity index (χ2v) is 5.78. The van der Waals surface area contributed by atoms with E-state index in [9.17, 15) is 19.7 Å². The van der Waals surface area contributed by atoms with Crippen molar-refractivity contribution < 1.29 is 33.8 Å². The summed E-state index contributed by atoms with van der Waals surface area (Å²) in [4.78, 5) is 33.3. The highest BCUT2D eigenvalue weighted by Gasteiger charge is 2.18. The predicted molar refractivity (Wildman–Crippen MR) is 105 cm³/mol. The normalized spacial score (nSPS) is 11.5. The van der Waals surface area contributed by atoms with Crippen molar-refractivity contribution in [3.63, 3.8) is 0 Å². The summed E-state index contributed by atoms with van der Waals surface area (Å²) in [6, 6.07) is 10.5. The van der Waals surface area contributed by atoms with Gasteiger partial charge in [0.25, 0.3) is 5.91 Å². The smallest absolute Gasteiger partial charge is 0.344 e. The lowest BCUT2D eigenvalue weighted by Gasteiger charge is -2.15. The van der Waals surface area contributed by atoms with Crippen molar-refractivity contribution in [2.24, 2.45) is 5.10 Å². The van der Waals surface area contributed by atoms with Gasteiger partial charge in [-0.15, -0.1) is 0 Å². The number of aliphatic carboxylic acids is 1. The molecule has 0 heterocycles. The summed E-state index contributed by atoms with van der Waals surface area (Å²) < 4.78 is 15.7. The van der Waals surface area contributed by atoms with Crippen LogP contribution in [0.25, 0.3) is 0 Å². The zero-order valence-electron chi connectivity index (χ0n) is 16.1. The molecule has 158 valence electrons. The molecule has 2 aromatic rings. The summed E-state index contributed by atoms with van der Waals surface area (Å²) in [6.45, 7) is 0.858. The van der Waals surface area contributed by atoms with E-state index < -0.39 is 29.5 Å². The minimum Gasteiger partial charge on any atom is -0.493 e. The molecule has 0 aliphatic heterocycles. The molecule has 0 aliphatic rings. The van der Waals surface area contributed by atoms with Crippen LogP contribution in [0.1, 0.15) is 12.5 Å². The highest BCUT2D eigenvalue weighted by atomic mass is 16.6. The molecule has 0 aliphatic carbocycles. The average Bonchev–Trinajstić information content (AvgIpc) is 2.73. The second-order valence-electron chi connectivity index (χ2n) is 5.78. The van der Waals surface area contributed by atoms with Crippen LogP contribution in [-0.2, 0) is 9.59 Å². The number of methoxy groups -OCH3 is 1. The van der Waals surface area contributed by atoms with Gasteiger partial charge in [0.2, 0.25) is 0 Å². The molecule has 0 aromatic heterocycles. The van der Waals surface area contributed by atoms with Gasteiger partial charge < -0.3 is 19.3 Å². The summed E-state index contributed by atoms with van der Waals surface area (Å²) in [6.07, 6.45) is 0.105. The number of hydrazone groups is 1. The van der Waals surface area contributed by atoms with E-state index in [2.05, 4.69) is 10.5 Å². The standard InChI is InChI=1S/C19H19N3O8/c1-12(19(24)25)30-18-13(6-5-9-16(18)28-2)10-20-21-17(23)11-29-15-8-4-3-7-14(15)22(26)27/h3-10,12H,11H2,1-2H3,(H,21,23)(H,24,25)/b20-10+/t12-/m1/s1. The first kappa shape index (κ1) is 22.1. The largest absolute Gasteiger partial charge is 0.493 e. The number of rotatable bonds is 10. The third kappa shape index (κ3) is 5.92. The van der Waals surface area contributed by atoms with Gasteiger partial charge in [-0.25, -0.2) is 10.2 Å². The molecule has 2 N–H and O–H groups in total. The zero-order valence-corrected chi connectivity index (χ0v) is 16.1. The number of carboxylic acid groups (broad SMARTS) is 1. The maximum atomic E-state index is 11.9. The molecule has 0 unspecified atom stereocenters. The zero-order chi connectivity index (χ0) is 22.1. The third-order valence-electron chi connectivity index (χ3n) is 3.69. The van der Waals surface area contributed by atoms with Crippen LogP contribution in [0.2, 0.25) is 0 Å². The maximum absolute atomic E-state index is 11.9. The Morgan fingerprint density at radius 3 is 2.60 bits per heavy atom. The number of carbonyl (C=O) groups is 2. The van der Waals surface area contributed by atoms with Crippen molar-refractivity contribution in [3.05, 3.63) is 58.1 Å². The Morgan fingerprint density at radius 1 is 1.23 bits per heavy atom. The van der Waals surface area contributed by atoms with Gasteiger partial charge in [-0.1, -0.05) is 18.2 Å². The number of nitrogens with zero attached hydrogens (tertiary/aromatic N) is 2. The number of para-hydroxylation sites is 3. The number of ether oxygens (including phenoxy) is 3. The molecule has 2 rings (SSSR count). The van der Waals surface area contributed by atoms with Crippen LogP contribution in [0, 0.1) is 10.1 Å². The number of hydrogen-bond acceptors (Lipinski definition) is 8. The van der Waals surface area contributed by atoms with Crippen LogP contribution in [-0.4, -0.2) is 47.9 Å². The molecular weight excluding hydrogens is 398 g/mol. The molecule has 1 atom stereocenters. The van der Waals surface area contributed by atoms with Crippen LogP contribution < -0.4 is 19.6 Å². The first-order chi connectivity index (χ1) is 14.3. The Kier molecular flexibility index (Phi) is 7.68. The Bertz CT molecular complexity index is 961. The molecule has 11 nitrogen and oxygen atoms in total. The number of benzene rings is 2. The van der Waals surface area contributed by atoms with Crippen molar-refractivity contribution in [3.8, 4) is 17.2 Å². The van der Waals surface area contributed by atoms with Crippen molar-refractivity contribution >= 4 is 23.8 Å².